The molecule has 1 unspecified atom stereocenters. The van der Waals surface area contributed by atoms with Crippen molar-refractivity contribution >= 4 is 15.9 Å². The van der Waals surface area contributed by atoms with Crippen molar-refractivity contribution in [2.45, 2.75) is 59.4 Å². The maximum absolute atomic E-state index is 12.8. The first-order valence-corrected chi connectivity index (χ1v) is 9.70. The molecule has 118 valence electrons. The van der Waals surface area contributed by atoms with Gasteiger partial charge in [0.1, 0.15) is 0 Å². The van der Waals surface area contributed by atoms with Crippen LogP contribution in [-0.2, 0) is 14.8 Å². The van der Waals surface area contributed by atoms with Crippen LogP contribution in [0.2, 0.25) is 0 Å². The highest BCUT2D eigenvalue weighted by Gasteiger charge is 2.73. The minimum absolute atomic E-state index is 0.0184. The van der Waals surface area contributed by atoms with Crippen LogP contribution in [-0.4, -0.2) is 30.4 Å². The number of sulfonamides is 1. The number of amides is 1. The molecule has 0 aromatic carbocycles. The number of carbonyl (C=O) groups excluding carboxylic acids is 1. The summed E-state index contributed by atoms with van der Waals surface area (Å²) < 4.78 is 26.8. The molecule has 4 rings (SSSR count). The van der Waals surface area contributed by atoms with Crippen LogP contribution in [0.4, 0.5) is 0 Å². The van der Waals surface area contributed by atoms with Crippen molar-refractivity contribution in [1.29, 1.82) is 0 Å². The standard InChI is InChI=1S/C16H25NO3S/c1-14(2)8-11(14)13(18)17-12-7-10-5-6-16(12,15(10,3)4)9-21(17,19)20/h10-12H,5-9H2,1-4H3/t10-,11?,12-,16+/m1/s1. The average molecular weight is 311 g/mol. The molecule has 4 fully saturated rings. The van der Waals surface area contributed by atoms with Crippen LogP contribution >= 0.6 is 0 Å². The Morgan fingerprint density at radius 3 is 2.33 bits per heavy atom. The Balaban J connectivity index is 1.75. The van der Waals surface area contributed by atoms with Crippen LogP contribution in [0.25, 0.3) is 0 Å². The van der Waals surface area contributed by atoms with E-state index in [1.54, 1.807) is 0 Å². The van der Waals surface area contributed by atoms with E-state index in [4.69, 9.17) is 0 Å². The quantitative estimate of drug-likeness (QED) is 0.747. The van der Waals surface area contributed by atoms with E-state index in [9.17, 15) is 13.2 Å². The number of fused-ring (bicyclic) bond motifs is 1. The lowest BCUT2D eigenvalue weighted by Gasteiger charge is -2.37. The van der Waals surface area contributed by atoms with Crippen molar-refractivity contribution in [2.24, 2.45) is 28.1 Å². The summed E-state index contributed by atoms with van der Waals surface area (Å²) in [7, 11) is -3.43. The van der Waals surface area contributed by atoms with E-state index < -0.39 is 10.0 Å². The number of hydrogen-bond acceptors (Lipinski definition) is 3. The van der Waals surface area contributed by atoms with E-state index in [2.05, 4.69) is 27.7 Å². The minimum atomic E-state index is -3.43. The Hall–Kier alpha value is -0.580. The zero-order chi connectivity index (χ0) is 15.4. The third kappa shape index (κ3) is 1.47. The lowest BCUT2D eigenvalue weighted by Crippen LogP contribution is -2.45. The Morgan fingerprint density at radius 1 is 1.19 bits per heavy atom. The molecule has 0 aromatic heterocycles. The Kier molecular flexibility index (Phi) is 2.34. The lowest BCUT2D eigenvalue weighted by atomic mass is 9.69. The molecule has 4 atom stereocenters. The van der Waals surface area contributed by atoms with Crippen LogP contribution in [0.15, 0.2) is 0 Å². The molecule has 5 heteroatoms. The highest BCUT2D eigenvalue weighted by Crippen LogP contribution is 2.70. The second-order valence-corrected chi connectivity index (χ2v) is 10.8. The SMILES string of the molecule is CC1(C)CC1C(=O)N1[C@@H]2C[C@H]3CC[C@@]2(CS1(=O)=O)C3(C)C. The van der Waals surface area contributed by atoms with E-state index in [0.717, 1.165) is 25.7 Å². The number of nitrogens with zero attached hydrogens (tertiary/aromatic N) is 1. The fraction of sp³-hybridized carbons (Fsp3) is 0.938. The highest BCUT2D eigenvalue weighted by atomic mass is 32.2. The molecule has 0 N–H and O–H groups in total. The number of rotatable bonds is 1. The van der Waals surface area contributed by atoms with Gasteiger partial charge in [0.15, 0.2) is 0 Å². The van der Waals surface area contributed by atoms with E-state index >= 15 is 0 Å². The zero-order valence-corrected chi connectivity index (χ0v) is 14.2. The maximum Gasteiger partial charge on any atom is 0.239 e. The van der Waals surface area contributed by atoms with Crippen molar-refractivity contribution in [3.05, 3.63) is 0 Å². The van der Waals surface area contributed by atoms with Crippen molar-refractivity contribution < 1.29 is 13.2 Å². The average Bonchev–Trinajstić information content (AvgIpc) is 2.73. The maximum atomic E-state index is 12.8. The van der Waals surface area contributed by atoms with Gasteiger partial charge in [-0.1, -0.05) is 27.7 Å². The molecule has 0 radical (unpaired) electrons. The van der Waals surface area contributed by atoms with E-state index in [1.807, 2.05) is 0 Å². The normalized spacial score (nSPS) is 47.4. The second-order valence-electron chi connectivity index (χ2n) is 9.00. The van der Waals surface area contributed by atoms with Gasteiger partial charge in [-0.15, -0.1) is 0 Å². The van der Waals surface area contributed by atoms with E-state index in [-0.39, 0.29) is 39.9 Å². The smallest absolute Gasteiger partial charge is 0.239 e. The summed E-state index contributed by atoms with van der Waals surface area (Å²) in [6.45, 7) is 8.54. The van der Waals surface area contributed by atoms with Crippen LogP contribution in [0.3, 0.4) is 0 Å². The van der Waals surface area contributed by atoms with Crippen molar-refractivity contribution in [3.63, 3.8) is 0 Å². The molecule has 1 heterocycles. The fourth-order valence-corrected chi connectivity index (χ4v) is 8.20. The summed E-state index contributed by atoms with van der Waals surface area (Å²) in [5, 5.41) is 0. The molecule has 2 bridgehead atoms. The molecule has 0 aromatic rings. The predicted octanol–water partition coefficient (Wildman–Crippen LogP) is 2.40. The van der Waals surface area contributed by atoms with Crippen LogP contribution in [0, 0.1) is 28.1 Å². The van der Waals surface area contributed by atoms with Gasteiger partial charge < -0.3 is 0 Å². The molecule has 3 saturated carbocycles. The van der Waals surface area contributed by atoms with Gasteiger partial charge in [-0.05, 0) is 42.4 Å². The van der Waals surface area contributed by atoms with Crippen molar-refractivity contribution in [2.75, 3.05) is 5.75 Å². The molecule has 3 aliphatic carbocycles. The van der Waals surface area contributed by atoms with Crippen molar-refractivity contribution in [3.8, 4) is 0 Å². The third-order valence-electron chi connectivity index (χ3n) is 7.44. The van der Waals surface area contributed by atoms with Crippen LogP contribution < -0.4 is 0 Å². The van der Waals surface area contributed by atoms with Gasteiger partial charge in [-0.3, -0.25) is 4.79 Å². The molecular formula is C16H25NO3S. The summed E-state index contributed by atoms with van der Waals surface area (Å²) in [5.74, 6) is 0.544. The van der Waals surface area contributed by atoms with Gasteiger partial charge in [0.2, 0.25) is 15.9 Å². The monoisotopic (exact) mass is 311 g/mol. The van der Waals surface area contributed by atoms with Crippen LogP contribution in [0.1, 0.15) is 53.4 Å². The van der Waals surface area contributed by atoms with Crippen LogP contribution in [0.5, 0.6) is 0 Å². The summed E-state index contributed by atoms with van der Waals surface area (Å²) >= 11 is 0. The first-order valence-electron chi connectivity index (χ1n) is 8.09. The minimum Gasteiger partial charge on any atom is -0.273 e. The summed E-state index contributed by atoms with van der Waals surface area (Å²) in [6, 6.07) is -0.0693. The lowest BCUT2D eigenvalue weighted by molar-refractivity contribution is -0.131. The van der Waals surface area contributed by atoms with E-state index in [0.29, 0.717) is 5.92 Å². The molecule has 1 spiro atoms. The number of hydrogen-bond donors (Lipinski definition) is 0. The first kappa shape index (κ1) is 14.0. The predicted molar refractivity (Wildman–Crippen MR) is 79.9 cm³/mol. The Morgan fingerprint density at radius 2 is 1.81 bits per heavy atom. The summed E-state index contributed by atoms with van der Waals surface area (Å²) in [5.41, 5.74) is -0.167. The van der Waals surface area contributed by atoms with Gasteiger partial charge in [0, 0.05) is 11.3 Å². The molecule has 4 aliphatic rings. The van der Waals surface area contributed by atoms with Gasteiger partial charge in [-0.25, -0.2) is 12.7 Å². The molecule has 4 nitrogen and oxygen atoms in total. The molecule has 1 amide bonds. The zero-order valence-electron chi connectivity index (χ0n) is 13.3. The summed E-state index contributed by atoms with van der Waals surface area (Å²) in [6.07, 6.45) is 3.79. The highest BCUT2D eigenvalue weighted by molar-refractivity contribution is 7.90. The largest absolute Gasteiger partial charge is 0.273 e. The topological polar surface area (TPSA) is 54.5 Å². The second kappa shape index (κ2) is 3.50. The van der Waals surface area contributed by atoms with E-state index in [1.165, 1.54) is 4.31 Å². The fourth-order valence-electron chi connectivity index (χ4n) is 5.62. The molecule has 21 heavy (non-hydrogen) atoms. The van der Waals surface area contributed by atoms with Gasteiger partial charge in [0.25, 0.3) is 0 Å². The summed E-state index contributed by atoms with van der Waals surface area (Å²) in [4.78, 5) is 12.8. The Bertz CT molecular complexity index is 636. The van der Waals surface area contributed by atoms with Gasteiger partial charge in [-0.2, -0.15) is 0 Å². The molecule has 1 saturated heterocycles. The molecule has 1 aliphatic heterocycles. The third-order valence-corrected chi connectivity index (χ3v) is 9.35. The number of carbonyl (C=O) groups is 1. The van der Waals surface area contributed by atoms with Gasteiger partial charge >= 0.3 is 0 Å². The van der Waals surface area contributed by atoms with Crippen molar-refractivity contribution in [1.82, 2.24) is 4.31 Å². The first-order chi connectivity index (χ1) is 9.53. The molecular weight excluding hydrogens is 286 g/mol. The Labute approximate surface area is 127 Å². The van der Waals surface area contributed by atoms with Gasteiger partial charge in [0.05, 0.1) is 11.8 Å².